The monoisotopic (exact) mass is 578 g/mol. The smallest absolute Gasteiger partial charge is 0.418 e. The minimum absolute atomic E-state index is 0.0226. The fourth-order valence-electron chi connectivity index (χ4n) is 5.94. The number of piperazine rings is 1. The maximum absolute atomic E-state index is 16.1. The van der Waals surface area contributed by atoms with Gasteiger partial charge in [0.05, 0.1) is 21.5 Å². The van der Waals surface area contributed by atoms with Crippen molar-refractivity contribution in [2.75, 3.05) is 44.2 Å². The third-order valence-electron chi connectivity index (χ3n) is 7.70. The van der Waals surface area contributed by atoms with Crippen molar-refractivity contribution in [1.29, 1.82) is 0 Å². The molecular formula is C27H24ClF5N6O. The number of nitrogens with one attached hydrogen (secondary N) is 1. The topological polar surface area (TPSA) is 77.4 Å². The zero-order valence-corrected chi connectivity index (χ0v) is 21.9. The first-order chi connectivity index (χ1) is 19.1. The van der Waals surface area contributed by atoms with Gasteiger partial charge in [-0.15, -0.1) is 0 Å². The first-order valence-electron chi connectivity index (χ1n) is 12.9. The van der Waals surface area contributed by atoms with Crippen LogP contribution in [0.1, 0.15) is 30.7 Å². The van der Waals surface area contributed by atoms with Gasteiger partial charge >= 0.3 is 6.18 Å². The Balaban J connectivity index is 1.54. The van der Waals surface area contributed by atoms with Gasteiger partial charge in [-0.1, -0.05) is 17.5 Å². The summed E-state index contributed by atoms with van der Waals surface area (Å²) in [6.45, 7) is 3.42. The number of aromatic hydroxyl groups is 1. The number of anilines is 1. The van der Waals surface area contributed by atoms with Gasteiger partial charge in [-0.3, -0.25) is 9.88 Å². The van der Waals surface area contributed by atoms with Crippen molar-refractivity contribution in [1.82, 2.24) is 25.2 Å². The average molecular weight is 579 g/mol. The zero-order chi connectivity index (χ0) is 28.2. The molecule has 7 nitrogen and oxygen atoms in total. The second-order valence-electron chi connectivity index (χ2n) is 10.3. The highest BCUT2D eigenvalue weighted by atomic mass is 35.5. The van der Waals surface area contributed by atoms with E-state index in [2.05, 4.69) is 32.1 Å². The average Bonchev–Trinajstić information content (AvgIpc) is 3.42. The Labute approximate surface area is 231 Å². The number of hydrogen-bond acceptors (Lipinski definition) is 7. The number of phenolic OH excluding ortho intramolecular Hbond substituents is 1. The molecule has 2 aromatic heterocycles. The number of alkyl halides is 4. The molecule has 3 aliphatic rings. The molecular weight excluding hydrogens is 555 g/mol. The molecule has 0 amide bonds. The number of nitrogens with zero attached hydrogens (tertiary/aromatic N) is 5. The molecule has 0 saturated carbocycles. The van der Waals surface area contributed by atoms with Crippen molar-refractivity contribution in [2.24, 2.45) is 0 Å². The SMILES string of the molecule is Oc1cc(Cl)c(C(F)(F)F)c(-c2ncc3c(N4CCNCC4)nc(C#C[C@@]45CCCN4C[C@H](F)C5)nc3c2F)c1. The van der Waals surface area contributed by atoms with Crippen LogP contribution in [0, 0.1) is 17.7 Å². The molecule has 3 aromatic rings. The largest absolute Gasteiger partial charge is 0.508 e. The van der Waals surface area contributed by atoms with E-state index in [-0.39, 0.29) is 23.1 Å². The summed E-state index contributed by atoms with van der Waals surface area (Å²) in [6.07, 6.45) is -2.88. The molecule has 0 radical (unpaired) electrons. The molecule has 0 aliphatic carbocycles. The molecule has 2 N–H and O–H groups in total. The van der Waals surface area contributed by atoms with E-state index in [1.807, 2.05) is 9.80 Å². The predicted octanol–water partition coefficient (Wildman–Crippen LogP) is 4.55. The van der Waals surface area contributed by atoms with Crippen LogP contribution in [-0.4, -0.2) is 75.9 Å². The quantitative estimate of drug-likeness (QED) is 0.341. The second kappa shape index (κ2) is 9.98. The van der Waals surface area contributed by atoms with Crippen molar-refractivity contribution in [2.45, 2.75) is 37.1 Å². The molecule has 5 heterocycles. The fraction of sp³-hybridized carbons (Fsp3) is 0.444. The maximum atomic E-state index is 16.1. The Morgan fingerprint density at radius 1 is 1.15 bits per heavy atom. The molecule has 3 aliphatic heterocycles. The Morgan fingerprint density at radius 2 is 1.93 bits per heavy atom. The van der Waals surface area contributed by atoms with Crippen LogP contribution in [0.25, 0.3) is 22.2 Å². The summed E-state index contributed by atoms with van der Waals surface area (Å²) in [4.78, 5) is 16.9. The number of aromatic nitrogens is 3. The highest BCUT2D eigenvalue weighted by Crippen LogP contribution is 2.44. The summed E-state index contributed by atoms with van der Waals surface area (Å²) < 4.78 is 72.1. The Bertz CT molecular complexity index is 1550. The Kier molecular flexibility index (Phi) is 6.71. The standard InChI is InChI=1S/C27H24ClF5N6O/c28-19-11-16(40)10-17(21(19)27(31,32)33)23-22(30)24-18(13-35-23)25(38-8-5-34-6-9-38)37-20(36-24)2-4-26-3-1-7-39(26)14-15(29)12-26/h10-11,13,15,34,40H,1,3,5-9,12,14H2/t15-,26-/m1/s1. The summed E-state index contributed by atoms with van der Waals surface area (Å²) in [5.41, 5.74) is -3.61. The van der Waals surface area contributed by atoms with Crippen molar-refractivity contribution >= 4 is 28.3 Å². The Morgan fingerprint density at radius 3 is 2.67 bits per heavy atom. The summed E-state index contributed by atoms with van der Waals surface area (Å²) >= 11 is 5.83. The van der Waals surface area contributed by atoms with Gasteiger partial charge in [0, 0.05) is 50.9 Å². The van der Waals surface area contributed by atoms with E-state index in [0.29, 0.717) is 45.0 Å². The lowest BCUT2D eigenvalue weighted by molar-refractivity contribution is -0.137. The second-order valence-corrected chi connectivity index (χ2v) is 10.7. The third-order valence-corrected chi connectivity index (χ3v) is 8.00. The highest BCUT2D eigenvalue weighted by molar-refractivity contribution is 6.32. The summed E-state index contributed by atoms with van der Waals surface area (Å²) in [5.74, 6) is 4.71. The number of phenols is 1. The van der Waals surface area contributed by atoms with E-state index >= 15 is 4.39 Å². The molecule has 2 atom stereocenters. The first-order valence-corrected chi connectivity index (χ1v) is 13.3. The van der Waals surface area contributed by atoms with E-state index < -0.39 is 51.3 Å². The first kappa shape index (κ1) is 26.9. The number of benzene rings is 1. The van der Waals surface area contributed by atoms with Gasteiger partial charge in [-0.2, -0.15) is 13.2 Å². The van der Waals surface area contributed by atoms with Crippen molar-refractivity contribution in [3.8, 4) is 28.8 Å². The zero-order valence-electron chi connectivity index (χ0n) is 21.1. The van der Waals surface area contributed by atoms with Gasteiger partial charge in [-0.05, 0) is 37.4 Å². The van der Waals surface area contributed by atoms with Gasteiger partial charge in [0.2, 0.25) is 5.82 Å². The molecule has 1 aromatic carbocycles. The third kappa shape index (κ3) is 4.70. The molecule has 6 rings (SSSR count). The van der Waals surface area contributed by atoms with Gasteiger partial charge in [0.1, 0.15) is 28.9 Å². The lowest BCUT2D eigenvalue weighted by Gasteiger charge is -2.29. The fourth-order valence-corrected chi connectivity index (χ4v) is 6.26. The molecule has 0 unspecified atom stereocenters. The molecule has 0 spiro atoms. The van der Waals surface area contributed by atoms with Crippen LogP contribution in [0.3, 0.4) is 0 Å². The molecule has 210 valence electrons. The lowest BCUT2D eigenvalue weighted by Crippen LogP contribution is -2.44. The van der Waals surface area contributed by atoms with E-state index in [4.69, 9.17) is 11.6 Å². The lowest BCUT2D eigenvalue weighted by atomic mass is 9.94. The highest BCUT2D eigenvalue weighted by Gasteiger charge is 2.47. The maximum Gasteiger partial charge on any atom is 0.418 e. The molecule has 3 fully saturated rings. The number of hydrogen-bond donors (Lipinski definition) is 2. The van der Waals surface area contributed by atoms with Crippen LogP contribution in [0.15, 0.2) is 18.3 Å². The van der Waals surface area contributed by atoms with E-state index in [9.17, 15) is 22.7 Å². The van der Waals surface area contributed by atoms with Crippen molar-refractivity contribution in [3.63, 3.8) is 0 Å². The Hall–Kier alpha value is -3.27. The van der Waals surface area contributed by atoms with Crippen LogP contribution < -0.4 is 10.2 Å². The summed E-state index contributed by atoms with van der Waals surface area (Å²) in [5, 5.41) is 12.6. The molecule has 0 bridgehead atoms. The normalized spacial score (nSPS) is 23.4. The van der Waals surface area contributed by atoms with Crippen LogP contribution in [0.2, 0.25) is 5.02 Å². The van der Waals surface area contributed by atoms with Gasteiger partial charge in [0.15, 0.2) is 5.82 Å². The van der Waals surface area contributed by atoms with Crippen molar-refractivity contribution in [3.05, 3.63) is 40.6 Å². The molecule has 3 saturated heterocycles. The van der Waals surface area contributed by atoms with Crippen LogP contribution in [-0.2, 0) is 6.18 Å². The number of fused-ring (bicyclic) bond motifs is 2. The van der Waals surface area contributed by atoms with Gasteiger partial charge in [0.25, 0.3) is 0 Å². The number of pyridine rings is 1. The van der Waals surface area contributed by atoms with Gasteiger partial charge in [-0.25, -0.2) is 18.7 Å². The van der Waals surface area contributed by atoms with E-state index in [0.717, 1.165) is 25.1 Å². The van der Waals surface area contributed by atoms with Crippen LogP contribution in [0.5, 0.6) is 5.75 Å². The van der Waals surface area contributed by atoms with Gasteiger partial charge < -0.3 is 15.3 Å². The van der Waals surface area contributed by atoms with Crippen molar-refractivity contribution < 1.29 is 27.1 Å². The van der Waals surface area contributed by atoms with Crippen LogP contribution in [0.4, 0.5) is 27.8 Å². The summed E-state index contributed by atoms with van der Waals surface area (Å²) in [7, 11) is 0. The predicted molar refractivity (Wildman–Crippen MR) is 139 cm³/mol. The molecule has 40 heavy (non-hydrogen) atoms. The minimum atomic E-state index is -4.94. The van der Waals surface area contributed by atoms with E-state index in [1.54, 1.807) is 0 Å². The van der Waals surface area contributed by atoms with Crippen LogP contribution >= 0.6 is 11.6 Å². The molecule has 13 heteroatoms. The minimum Gasteiger partial charge on any atom is -0.508 e. The summed E-state index contributed by atoms with van der Waals surface area (Å²) in [6, 6.07) is 1.51. The van der Waals surface area contributed by atoms with E-state index in [1.165, 1.54) is 6.20 Å². The number of halogens is 6. The number of rotatable bonds is 2.